The van der Waals surface area contributed by atoms with Crippen LogP contribution in [0.2, 0.25) is 0 Å². The molecule has 0 aliphatic heterocycles. The molecule has 190 valence electrons. The minimum Gasteiger partial charge on any atom is -0.497 e. The number of hydrogen-bond acceptors (Lipinski definition) is 5. The molecule has 3 aliphatic carbocycles. The quantitative estimate of drug-likeness (QED) is 0.332. The van der Waals surface area contributed by atoms with E-state index in [0.29, 0.717) is 24.3 Å². The topological polar surface area (TPSA) is 53.4 Å². The lowest BCUT2D eigenvalue weighted by Crippen LogP contribution is -2.43. The van der Waals surface area contributed by atoms with Crippen LogP contribution in [0.4, 0.5) is 0 Å². The van der Waals surface area contributed by atoms with E-state index in [-0.39, 0.29) is 11.0 Å². The van der Waals surface area contributed by atoms with E-state index in [1.807, 2.05) is 24.3 Å². The van der Waals surface area contributed by atoms with E-state index in [0.717, 1.165) is 46.5 Å². The van der Waals surface area contributed by atoms with Crippen LogP contribution in [0.3, 0.4) is 0 Å². The number of rotatable bonds is 4. The summed E-state index contributed by atoms with van der Waals surface area (Å²) in [4.78, 5) is 21.0. The number of nitrogens with zero attached hydrogens (tertiary/aromatic N) is 2. The number of ether oxygens (including phenoxy) is 2. The maximum absolute atomic E-state index is 13.9. The molecule has 37 heavy (non-hydrogen) atoms. The van der Waals surface area contributed by atoms with Gasteiger partial charge in [-0.2, -0.15) is 0 Å². The van der Waals surface area contributed by atoms with Crippen molar-refractivity contribution in [3.63, 3.8) is 0 Å². The average Bonchev–Trinajstić information content (AvgIpc) is 3.44. The summed E-state index contributed by atoms with van der Waals surface area (Å²) < 4.78 is 12.6. The highest BCUT2D eigenvalue weighted by molar-refractivity contribution is 7.18. The molecule has 0 radical (unpaired) electrons. The summed E-state index contributed by atoms with van der Waals surface area (Å²) in [5.74, 6) is 3.64. The van der Waals surface area contributed by atoms with Crippen molar-refractivity contribution in [3.8, 4) is 11.5 Å². The van der Waals surface area contributed by atoms with Crippen LogP contribution in [0.1, 0.15) is 59.2 Å². The Labute approximate surface area is 221 Å². The summed E-state index contributed by atoms with van der Waals surface area (Å²) in [5, 5.41) is 0.875. The Bertz CT molecular complexity index is 1570. The molecule has 2 aromatic carbocycles. The molecule has 1 fully saturated rings. The molecular formula is C31H32N2O3S. The SMILES string of the molecule is COc1ccc(Cn2cnc3sc4c(c3c2=O)[C@@]2(C)CC[C@H]3c5ccc(OC)cc5CC[C@@H]3[C@H]2C4)cc1. The van der Waals surface area contributed by atoms with Crippen LogP contribution in [0.5, 0.6) is 11.5 Å². The highest BCUT2D eigenvalue weighted by Gasteiger charge is 2.54. The minimum absolute atomic E-state index is 0.0405. The Morgan fingerprint density at radius 2 is 1.86 bits per heavy atom. The summed E-state index contributed by atoms with van der Waals surface area (Å²) in [6.07, 6.45) is 7.44. The number of hydrogen-bond donors (Lipinski definition) is 0. The molecule has 6 heteroatoms. The number of thiophene rings is 1. The number of aromatic nitrogens is 2. The molecule has 4 atom stereocenters. The van der Waals surface area contributed by atoms with E-state index in [1.165, 1.54) is 34.4 Å². The van der Waals surface area contributed by atoms with Gasteiger partial charge in [0.15, 0.2) is 0 Å². The number of benzene rings is 2. The van der Waals surface area contributed by atoms with Gasteiger partial charge >= 0.3 is 0 Å². The zero-order valence-electron chi connectivity index (χ0n) is 21.6. The van der Waals surface area contributed by atoms with E-state index in [2.05, 4.69) is 25.1 Å². The van der Waals surface area contributed by atoms with Crippen molar-refractivity contribution in [2.24, 2.45) is 11.8 Å². The van der Waals surface area contributed by atoms with Gasteiger partial charge in [0.2, 0.25) is 0 Å². The molecule has 1 saturated carbocycles. The number of fused-ring (bicyclic) bond motifs is 9. The van der Waals surface area contributed by atoms with Gasteiger partial charge < -0.3 is 9.47 Å². The van der Waals surface area contributed by atoms with Crippen LogP contribution in [-0.4, -0.2) is 23.8 Å². The highest BCUT2D eigenvalue weighted by atomic mass is 32.1. The zero-order chi connectivity index (χ0) is 25.3. The third-order valence-electron chi connectivity index (χ3n) is 9.56. The lowest BCUT2D eigenvalue weighted by Gasteiger charge is -2.49. The summed E-state index contributed by atoms with van der Waals surface area (Å²) in [7, 11) is 3.42. The normalized spacial score (nSPS) is 25.8. The van der Waals surface area contributed by atoms with Crippen LogP contribution in [0.25, 0.3) is 10.2 Å². The second-order valence-corrected chi connectivity index (χ2v) is 12.3. The second-order valence-electron chi connectivity index (χ2n) is 11.2. The third kappa shape index (κ3) is 3.41. The van der Waals surface area contributed by atoms with E-state index in [9.17, 15) is 4.79 Å². The van der Waals surface area contributed by atoms with Crippen molar-refractivity contribution in [3.05, 3.63) is 86.3 Å². The average molecular weight is 513 g/mol. The van der Waals surface area contributed by atoms with Gasteiger partial charge in [-0.1, -0.05) is 25.1 Å². The van der Waals surface area contributed by atoms with Gasteiger partial charge in [-0.25, -0.2) is 4.98 Å². The molecule has 0 amide bonds. The standard InChI is InChI=1S/C31H32N2O3S/c1-31-13-12-23-22-11-9-21(36-3)14-19(22)6-10-24(23)25(31)15-26-28(31)27-29(37-26)32-17-33(30(27)34)16-18-4-7-20(35-2)8-5-18/h4-5,7-9,11,14,17,23-25H,6,10,12-13,15-16H2,1-3H3/t23-,24-,25+,31-/m0/s1. The number of methoxy groups -OCH3 is 2. The van der Waals surface area contributed by atoms with Crippen molar-refractivity contribution < 1.29 is 9.47 Å². The fourth-order valence-electron chi connectivity index (χ4n) is 7.75. The highest BCUT2D eigenvalue weighted by Crippen LogP contribution is 2.62. The van der Waals surface area contributed by atoms with Gasteiger partial charge in [0.1, 0.15) is 16.3 Å². The first-order valence-electron chi connectivity index (χ1n) is 13.3. The first-order valence-corrected chi connectivity index (χ1v) is 14.1. The molecule has 0 unspecified atom stereocenters. The first-order chi connectivity index (χ1) is 18.0. The third-order valence-corrected chi connectivity index (χ3v) is 10.7. The van der Waals surface area contributed by atoms with Gasteiger partial charge in [0, 0.05) is 4.88 Å². The largest absolute Gasteiger partial charge is 0.497 e. The van der Waals surface area contributed by atoms with Crippen molar-refractivity contribution in [2.75, 3.05) is 14.2 Å². The fourth-order valence-corrected chi connectivity index (χ4v) is 9.08. The molecule has 4 aromatic rings. The van der Waals surface area contributed by atoms with Crippen molar-refractivity contribution in [1.29, 1.82) is 0 Å². The zero-order valence-corrected chi connectivity index (χ0v) is 22.4. The Kier molecular flexibility index (Phi) is 5.26. The Morgan fingerprint density at radius 1 is 1.08 bits per heavy atom. The van der Waals surface area contributed by atoms with Crippen LogP contribution in [0.15, 0.2) is 53.6 Å². The molecular weight excluding hydrogens is 480 g/mol. The lowest BCUT2D eigenvalue weighted by atomic mass is 9.55. The van der Waals surface area contributed by atoms with Gasteiger partial charge in [0.05, 0.1) is 32.5 Å². The van der Waals surface area contributed by atoms with Gasteiger partial charge in [-0.05, 0) is 102 Å². The molecule has 2 heterocycles. The van der Waals surface area contributed by atoms with E-state index in [1.54, 1.807) is 36.5 Å². The Balaban J connectivity index is 1.25. The maximum Gasteiger partial charge on any atom is 0.262 e. The minimum atomic E-state index is 0.0405. The van der Waals surface area contributed by atoms with Crippen molar-refractivity contribution in [1.82, 2.24) is 9.55 Å². The molecule has 5 nitrogen and oxygen atoms in total. The monoisotopic (exact) mass is 512 g/mol. The van der Waals surface area contributed by atoms with E-state index in [4.69, 9.17) is 14.5 Å². The fraction of sp³-hybridized carbons (Fsp3) is 0.419. The van der Waals surface area contributed by atoms with Crippen molar-refractivity contribution in [2.45, 2.75) is 56.9 Å². The molecule has 0 saturated heterocycles. The summed E-state index contributed by atoms with van der Waals surface area (Å²) in [5.41, 5.74) is 5.52. The molecule has 0 N–H and O–H groups in total. The van der Waals surface area contributed by atoms with Gasteiger partial charge in [0.25, 0.3) is 5.56 Å². The molecule has 2 aromatic heterocycles. The molecule has 0 bridgehead atoms. The number of aryl methyl sites for hydroxylation is 1. The maximum atomic E-state index is 13.9. The summed E-state index contributed by atoms with van der Waals surface area (Å²) in [6.45, 7) is 2.96. The predicted octanol–water partition coefficient (Wildman–Crippen LogP) is 6.09. The Morgan fingerprint density at radius 3 is 2.65 bits per heavy atom. The molecule has 3 aliphatic rings. The summed E-state index contributed by atoms with van der Waals surface area (Å²) >= 11 is 1.76. The second kappa shape index (κ2) is 8.45. The van der Waals surface area contributed by atoms with Crippen LogP contribution < -0.4 is 15.0 Å². The Hall–Kier alpha value is -3.12. The van der Waals surface area contributed by atoms with Crippen LogP contribution in [-0.2, 0) is 24.8 Å². The van der Waals surface area contributed by atoms with Gasteiger partial charge in [-0.15, -0.1) is 11.3 Å². The predicted molar refractivity (Wildman–Crippen MR) is 147 cm³/mol. The summed E-state index contributed by atoms with van der Waals surface area (Å²) in [6, 6.07) is 14.6. The molecule has 7 rings (SSSR count). The van der Waals surface area contributed by atoms with E-state index < -0.39 is 0 Å². The van der Waals surface area contributed by atoms with Crippen LogP contribution in [0, 0.1) is 11.8 Å². The van der Waals surface area contributed by atoms with Crippen LogP contribution >= 0.6 is 11.3 Å². The first kappa shape index (κ1) is 23.0. The molecule has 0 spiro atoms. The van der Waals surface area contributed by atoms with E-state index >= 15 is 0 Å². The smallest absolute Gasteiger partial charge is 0.262 e. The lowest BCUT2D eigenvalue weighted by molar-refractivity contribution is 0.106. The van der Waals surface area contributed by atoms with Gasteiger partial charge in [-0.3, -0.25) is 9.36 Å². The van der Waals surface area contributed by atoms with Crippen molar-refractivity contribution >= 4 is 21.6 Å².